The zero-order valence-electron chi connectivity index (χ0n) is 13.4. The van der Waals surface area contributed by atoms with Gasteiger partial charge in [0.2, 0.25) is 0 Å². The molecule has 0 atom stereocenters. The molecule has 0 N–H and O–H groups in total. The summed E-state index contributed by atoms with van der Waals surface area (Å²) in [5, 5.41) is 0. The van der Waals surface area contributed by atoms with Crippen LogP contribution < -0.4 is 9.47 Å². The molecule has 0 saturated carbocycles. The van der Waals surface area contributed by atoms with Gasteiger partial charge >= 0.3 is 24.2 Å². The van der Waals surface area contributed by atoms with Gasteiger partial charge in [0.05, 0.1) is 0 Å². The molecule has 1 aromatic carbocycles. The monoisotopic (exact) mass is 354 g/mol. The van der Waals surface area contributed by atoms with Crippen LogP contribution in [-0.4, -0.2) is 0 Å². The van der Waals surface area contributed by atoms with E-state index in [-0.39, 0.29) is 34.5 Å². The normalized spacial score (nSPS) is 10.8. The molecule has 0 unspecified atom stereocenters. The molecule has 0 aliphatic carbocycles. The van der Waals surface area contributed by atoms with Crippen LogP contribution in [0.2, 0.25) is 0 Å². The minimum Gasteiger partial charge on any atom is -0.428 e. The molecule has 24 heavy (non-hydrogen) atoms. The van der Waals surface area contributed by atoms with Crippen LogP contribution in [0.1, 0.15) is 50.7 Å². The number of rotatable bonds is 6. The molecule has 1 aromatic rings. The van der Waals surface area contributed by atoms with E-state index in [1.54, 1.807) is 27.7 Å². The summed E-state index contributed by atoms with van der Waals surface area (Å²) >= 11 is 0. The highest BCUT2D eigenvalue weighted by Crippen LogP contribution is 2.39. The lowest BCUT2D eigenvalue weighted by molar-refractivity contribution is 0.233. The van der Waals surface area contributed by atoms with Crippen LogP contribution in [0.3, 0.4) is 0 Å². The van der Waals surface area contributed by atoms with E-state index >= 15 is 0 Å². The fourth-order valence-corrected chi connectivity index (χ4v) is 1.94. The standard InChI is InChI=1S/C16H16F6O2/c1-7(2)9-5-12(24-16(22)14(19)20)10(8(3)4)6-11(9)23-15(21)13(17)18/h5-8H,1-4H3. The number of hydrogen-bond donors (Lipinski definition) is 0. The molecule has 1 rings (SSSR count). The van der Waals surface area contributed by atoms with Crippen LogP contribution >= 0.6 is 0 Å². The van der Waals surface area contributed by atoms with Crippen molar-refractivity contribution in [3.05, 3.63) is 47.4 Å². The van der Waals surface area contributed by atoms with E-state index in [4.69, 9.17) is 0 Å². The van der Waals surface area contributed by atoms with Crippen molar-refractivity contribution in [1.82, 2.24) is 0 Å². The van der Waals surface area contributed by atoms with Crippen LogP contribution in [0, 0.1) is 0 Å². The first-order valence-corrected chi connectivity index (χ1v) is 6.99. The maximum Gasteiger partial charge on any atom is 0.344 e. The lowest BCUT2D eigenvalue weighted by Gasteiger charge is -2.19. The van der Waals surface area contributed by atoms with E-state index in [1.807, 2.05) is 0 Å². The lowest BCUT2D eigenvalue weighted by Crippen LogP contribution is -2.04. The fourth-order valence-electron chi connectivity index (χ4n) is 1.94. The van der Waals surface area contributed by atoms with Gasteiger partial charge in [0, 0.05) is 11.1 Å². The third-order valence-corrected chi connectivity index (χ3v) is 3.08. The van der Waals surface area contributed by atoms with Crippen molar-refractivity contribution in [2.45, 2.75) is 39.5 Å². The van der Waals surface area contributed by atoms with Gasteiger partial charge in [0.15, 0.2) is 0 Å². The van der Waals surface area contributed by atoms with Crippen molar-refractivity contribution in [1.29, 1.82) is 0 Å². The Morgan fingerprint density at radius 2 is 0.958 bits per heavy atom. The molecular formula is C16H16F6O2. The Morgan fingerprint density at radius 1 is 0.667 bits per heavy atom. The van der Waals surface area contributed by atoms with Gasteiger partial charge in [-0.25, -0.2) is 0 Å². The lowest BCUT2D eigenvalue weighted by atomic mass is 9.95. The summed E-state index contributed by atoms with van der Waals surface area (Å²) < 4.78 is 84.3. The van der Waals surface area contributed by atoms with Gasteiger partial charge in [-0.3, -0.25) is 0 Å². The van der Waals surface area contributed by atoms with Crippen LogP contribution in [0.15, 0.2) is 36.3 Å². The molecule has 0 bridgehead atoms. The summed E-state index contributed by atoms with van der Waals surface area (Å²) in [5.41, 5.74) is 0.385. The first-order chi connectivity index (χ1) is 11.0. The van der Waals surface area contributed by atoms with Crippen molar-refractivity contribution in [3.63, 3.8) is 0 Å². The van der Waals surface area contributed by atoms with Gasteiger partial charge < -0.3 is 9.47 Å². The summed E-state index contributed by atoms with van der Waals surface area (Å²) in [7, 11) is 0. The van der Waals surface area contributed by atoms with Crippen LogP contribution in [-0.2, 0) is 0 Å². The molecule has 0 amide bonds. The minimum atomic E-state index is -2.63. The van der Waals surface area contributed by atoms with E-state index in [2.05, 4.69) is 9.47 Å². The smallest absolute Gasteiger partial charge is 0.344 e. The molecule has 0 aliphatic heterocycles. The third-order valence-electron chi connectivity index (χ3n) is 3.08. The highest BCUT2D eigenvalue weighted by Gasteiger charge is 2.21. The fraction of sp³-hybridized carbons (Fsp3) is 0.375. The summed E-state index contributed by atoms with van der Waals surface area (Å²) in [5.74, 6) is -1.17. The van der Waals surface area contributed by atoms with Gasteiger partial charge in [-0.15, -0.1) is 0 Å². The first-order valence-electron chi connectivity index (χ1n) is 6.99. The Hall–Kier alpha value is -2.12. The second-order valence-corrected chi connectivity index (χ2v) is 5.51. The summed E-state index contributed by atoms with van der Waals surface area (Å²) in [6.45, 7) is 6.54. The summed E-state index contributed by atoms with van der Waals surface area (Å²) in [6.07, 6.45) is -5.27. The predicted molar refractivity (Wildman–Crippen MR) is 76.6 cm³/mol. The summed E-state index contributed by atoms with van der Waals surface area (Å²) in [6, 6.07) is -1.80. The average Bonchev–Trinajstić information content (AvgIpc) is 2.47. The number of ether oxygens (including phenoxy) is 2. The van der Waals surface area contributed by atoms with Crippen molar-refractivity contribution in [2.75, 3.05) is 0 Å². The molecule has 0 aromatic heterocycles. The van der Waals surface area contributed by atoms with Crippen LogP contribution in [0.5, 0.6) is 11.5 Å². The van der Waals surface area contributed by atoms with E-state index in [0.29, 0.717) is 0 Å². The van der Waals surface area contributed by atoms with E-state index in [0.717, 1.165) is 0 Å². The van der Waals surface area contributed by atoms with E-state index < -0.39 is 24.2 Å². The Labute approximate surface area is 135 Å². The highest BCUT2D eigenvalue weighted by atomic mass is 19.3. The average molecular weight is 354 g/mol. The zero-order valence-corrected chi connectivity index (χ0v) is 13.4. The molecule has 2 nitrogen and oxygen atoms in total. The van der Waals surface area contributed by atoms with Gasteiger partial charge in [0.25, 0.3) is 0 Å². The molecule has 0 saturated heterocycles. The molecule has 0 spiro atoms. The summed E-state index contributed by atoms with van der Waals surface area (Å²) in [4.78, 5) is 0. The zero-order chi connectivity index (χ0) is 18.6. The van der Waals surface area contributed by atoms with Crippen molar-refractivity contribution in [2.24, 2.45) is 0 Å². The minimum absolute atomic E-state index is 0.192. The van der Waals surface area contributed by atoms with Crippen LogP contribution in [0.25, 0.3) is 0 Å². The molecule has 134 valence electrons. The molecule has 0 heterocycles. The maximum atomic E-state index is 13.1. The second-order valence-electron chi connectivity index (χ2n) is 5.51. The van der Waals surface area contributed by atoms with E-state index in [1.165, 1.54) is 12.1 Å². The Morgan fingerprint density at radius 3 is 1.17 bits per heavy atom. The topological polar surface area (TPSA) is 18.5 Å². The quantitative estimate of drug-likeness (QED) is 0.415. The van der Waals surface area contributed by atoms with Gasteiger partial charge in [-0.05, 0) is 24.0 Å². The Kier molecular flexibility index (Phi) is 6.74. The highest BCUT2D eigenvalue weighted by molar-refractivity contribution is 5.50. The van der Waals surface area contributed by atoms with Crippen molar-refractivity contribution < 1.29 is 35.8 Å². The maximum absolute atomic E-state index is 13.1. The SMILES string of the molecule is CC(C)c1cc(OC(F)=C(F)F)c(C(C)C)cc1OC(F)=C(F)F. The van der Waals surface area contributed by atoms with Gasteiger partial charge in [-0.1, -0.05) is 27.7 Å². The molecular weight excluding hydrogens is 338 g/mol. The van der Waals surface area contributed by atoms with Gasteiger partial charge in [0.1, 0.15) is 11.5 Å². The Balaban J connectivity index is 3.50. The molecule has 0 aliphatic rings. The molecule has 0 fully saturated rings. The Bertz CT molecular complexity index is 599. The first kappa shape index (κ1) is 19.9. The molecule has 8 heteroatoms. The van der Waals surface area contributed by atoms with Crippen molar-refractivity contribution >= 4 is 0 Å². The number of halogens is 6. The predicted octanol–water partition coefficient (Wildman–Crippen LogP) is 6.76. The van der Waals surface area contributed by atoms with Gasteiger partial charge in [-0.2, -0.15) is 26.3 Å². The van der Waals surface area contributed by atoms with Crippen LogP contribution in [0.4, 0.5) is 26.3 Å². The molecule has 0 radical (unpaired) electrons. The number of benzene rings is 1. The largest absolute Gasteiger partial charge is 0.428 e. The third kappa shape index (κ3) is 4.94. The second kappa shape index (κ2) is 8.12. The van der Waals surface area contributed by atoms with E-state index in [9.17, 15) is 26.3 Å². The van der Waals surface area contributed by atoms with Crippen molar-refractivity contribution in [3.8, 4) is 11.5 Å². The number of hydrogen-bond acceptors (Lipinski definition) is 2.